The van der Waals surface area contributed by atoms with Crippen LogP contribution in [0.5, 0.6) is 0 Å². The number of pyridine rings is 1. The van der Waals surface area contributed by atoms with Crippen LogP contribution in [0.25, 0.3) is 11.3 Å². The van der Waals surface area contributed by atoms with Gasteiger partial charge in [0.15, 0.2) is 0 Å². The molecule has 0 saturated carbocycles. The molecule has 0 atom stereocenters. The molecular weight excluding hydrogens is 263 g/mol. The van der Waals surface area contributed by atoms with Crippen LogP contribution in [-0.2, 0) is 6.18 Å². The fourth-order valence-electron chi connectivity index (χ4n) is 1.94. The van der Waals surface area contributed by atoms with Crippen LogP contribution in [0.3, 0.4) is 0 Å². The van der Waals surface area contributed by atoms with Crippen molar-refractivity contribution in [3.63, 3.8) is 0 Å². The molecule has 20 heavy (non-hydrogen) atoms. The Morgan fingerprint density at radius 2 is 1.80 bits per heavy atom. The van der Waals surface area contributed by atoms with E-state index in [0.29, 0.717) is 16.8 Å². The van der Waals surface area contributed by atoms with Crippen molar-refractivity contribution in [2.24, 2.45) is 0 Å². The predicted molar refractivity (Wildman–Crippen MR) is 73.5 cm³/mol. The van der Waals surface area contributed by atoms with Crippen LogP contribution in [0.1, 0.15) is 40.6 Å². The van der Waals surface area contributed by atoms with E-state index in [4.69, 9.17) is 4.11 Å². The second-order valence-corrected chi connectivity index (χ2v) is 4.89. The Morgan fingerprint density at radius 3 is 2.30 bits per heavy atom. The Bertz CT molecular complexity index is 689. The summed E-state index contributed by atoms with van der Waals surface area (Å²) >= 11 is 0. The van der Waals surface area contributed by atoms with Crippen LogP contribution in [0.2, 0.25) is 0 Å². The molecule has 0 fully saturated rings. The fourth-order valence-corrected chi connectivity index (χ4v) is 1.94. The first-order valence-corrected chi connectivity index (χ1v) is 6.18. The third kappa shape index (κ3) is 3.00. The number of benzene rings is 1. The molecule has 106 valence electrons. The summed E-state index contributed by atoms with van der Waals surface area (Å²) in [6, 6.07) is 6.29. The summed E-state index contributed by atoms with van der Waals surface area (Å²) in [5.41, 5.74) is 1.02. The zero-order chi connectivity index (χ0) is 17.4. The molecule has 0 bridgehead atoms. The molecule has 2 rings (SSSR count). The number of halogens is 3. The summed E-state index contributed by atoms with van der Waals surface area (Å²) < 4.78 is 60.4. The van der Waals surface area contributed by atoms with Crippen molar-refractivity contribution < 1.29 is 17.3 Å². The highest BCUT2D eigenvalue weighted by Crippen LogP contribution is 2.31. The quantitative estimate of drug-likeness (QED) is 0.737. The van der Waals surface area contributed by atoms with Crippen LogP contribution in [0.4, 0.5) is 13.2 Å². The number of nitrogens with zero attached hydrogens (tertiary/aromatic N) is 1. The average molecular weight is 282 g/mol. The maximum Gasteiger partial charge on any atom is 0.416 e. The lowest BCUT2D eigenvalue weighted by Crippen LogP contribution is -2.04. The lowest BCUT2D eigenvalue weighted by molar-refractivity contribution is -0.137. The summed E-state index contributed by atoms with van der Waals surface area (Å²) in [7, 11) is 0. The van der Waals surface area contributed by atoms with Crippen LogP contribution < -0.4 is 0 Å². The van der Waals surface area contributed by atoms with Crippen molar-refractivity contribution in [1.29, 1.82) is 0 Å². The van der Waals surface area contributed by atoms with E-state index in [0.717, 1.165) is 12.1 Å². The number of hydrogen-bond acceptors (Lipinski definition) is 1. The molecule has 0 saturated heterocycles. The summed E-state index contributed by atoms with van der Waals surface area (Å²) in [5.74, 6) is -0.0402. The first-order valence-electron chi connectivity index (χ1n) is 7.68. The van der Waals surface area contributed by atoms with Gasteiger partial charge in [-0.1, -0.05) is 26.0 Å². The molecule has 1 heterocycles. The van der Waals surface area contributed by atoms with Crippen molar-refractivity contribution in [1.82, 2.24) is 4.98 Å². The molecular formula is C16H16F3N. The Labute approximate surface area is 120 Å². The van der Waals surface area contributed by atoms with Crippen molar-refractivity contribution >= 4 is 0 Å². The van der Waals surface area contributed by atoms with E-state index in [9.17, 15) is 13.2 Å². The molecule has 1 aromatic heterocycles. The van der Waals surface area contributed by atoms with Gasteiger partial charge in [0, 0.05) is 15.9 Å². The lowest BCUT2D eigenvalue weighted by Gasteiger charge is -2.12. The molecule has 0 aliphatic rings. The first kappa shape index (κ1) is 10.9. The molecule has 4 heteroatoms. The third-order valence-corrected chi connectivity index (χ3v) is 3.07. The maximum atomic E-state index is 12.6. The second kappa shape index (κ2) is 5.27. The minimum atomic E-state index is -4.39. The van der Waals surface area contributed by atoms with E-state index in [1.807, 2.05) is 13.8 Å². The van der Waals surface area contributed by atoms with Crippen molar-refractivity contribution in [3.05, 3.63) is 53.2 Å². The summed E-state index contributed by atoms with van der Waals surface area (Å²) in [6.45, 7) is 1.45. The van der Waals surface area contributed by atoms with Gasteiger partial charge in [0.25, 0.3) is 0 Å². The Kier molecular flexibility index (Phi) is 2.87. The smallest absolute Gasteiger partial charge is 0.256 e. The van der Waals surface area contributed by atoms with Gasteiger partial charge in [-0.05, 0) is 42.1 Å². The summed E-state index contributed by atoms with van der Waals surface area (Å²) in [4.78, 5) is 4.11. The molecule has 0 aliphatic heterocycles. The summed E-state index contributed by atoms with van der Waals surface area (Å²) in [6.07, 6.45) is -3.10. The van der Waals surface area contributed by atoms with Gasteiger partial charge in [-0.3, -0.25) is 4.98 Å². The minimum Gasteiger partial charge on any atom is -0.256 e. The normalized spacial score (nSPS) is 14.8. The highest BCUT2D eigenvalue weighted by molar-refractivity contribution is 5.61. The zero-order valence-electron chi connectivity index (χ0n) is 14.1. The van der Waals surface area contributed by atoms with Gasteiger partial charge in [0.2, 0.25) is 0 Å². The second-order valence-electron chi connectivity index (χ2n) is 4.89. The van der Waals surface area contributed by atoms with E-state index in [2.05, 4.69) is 4.98 Å². The standard InChI is InChI=1S/C16H16F3N/c1-10(2)14-8-15(20-9-11(14)3)12-4-6-13(7-5-12)16(17,18)19/h4-10H,1-3H3/i3D3. The average Bonchev–Trinajstić information content (AvgIpc) is 2.45. The van der Waals surface area contributed by atoms with E-state index in [1.54, 1.807) is 6.07 Å². The number of alkyl halides is 3. The largest absolute Gasteiger partial charge is 0.416 e. The first-order chi connectivity index (χ1) is 10.5. The molecule has 0 unspecified atom stereocenters. The van der Waals surface area contributed by atoms with E-state index < -0.39 is 18.6 Å². The van der Waals surface area contributed by atoms with Crippen molar-refractivity contribution in [2.45, 2.75) is 32.8 Å². The van der Waals surface area contributed by atoms with Gasteiger partial charge >= 0.3 is 6.18 Å². The predicted octanol–water partition coefficient (Wildman–Crippen LogP) is 5.20. The molecule has 0 N–H and O–H groups in total. The fraction of sp³-hybridized carbons (Fsp3) is 0.312. The number of aryl methyl sites for hydroxylation is 1. The van der Waals surface area contributed by atoms with Crippen LogP contribution >= 0.6 is 0 Å². The zero-order valence-corrected chi connectivity index (χ0v) is 11.1. The number of hydrogen-bond donors (Lipinski definition) is 0. The van der Waals surface area contributed by atoms with Crippen LogP contribution in [0, 0.1) is 6.85 Å². The molecule has 0 amide bonds. The Balaban J connectivity index is 2.47. The van der Waals surface area contributed by atoms with Crippen molar-refractivity contribution in [3.8, 4) is 11.3 Å². The maximum absolute atomic E-state index is 12.6. The molecule has 0 aliphatic carbocycles. The monoisotopic (exact) mass is 282 g/mol. The van der Waals surface area contributed by atoms with Crippen LogP contribution in [0.15, 0.2) is 36.5 Å². The van der Waals surface area contributed by atoms with E-state index in [-0.39, 0.29) is 11.5 Å². The molecule has 2 aromatic rings. The van der Waals surface area contributed by atoms with Crippen LogP contribution in [-0.4, -0.2) is 4.98 Å². The van der Waals surface area contributed by atoms with Crippen molar-refractivity contribution in [2.75, 3.05) is 0 Å². The molecule has 1 aromatic carbocycles. The topological polar surface area (TPSA) is 12.9 Å². The minimum absolute atomic E-state index is 0.0402. The Morgan fingerprint density at radius 1 is 1.15 bits per heavy atom. The molecule has 0 spiro atoms. The van der Waals surface area contributed by atoms with Gasteiger partial charge in [0.1, 0.15) is 0 Å². The van der Waals surface area contributed by atoms with Gasteiger partial charge in [0.05, 0.1) is 11.3 Å². The molecule has 0 radical (unpaired) electrons. The Hall–Kier alpha value is -1.84. The van der Waals surface area contributed by atoms with E-state index >= 15 is 0 Å². The molecule has 1 nitrogen and oxygen atoms in total. The SMILES string of the molecule is [2H]C([2H])([2H])c1cnc(-c2ccc(C(F)(F)F)cc2)cc1C(C)C. The number of aromatic nitrogens is 1. The van der Waals surface area contributed by atoms with E-state index in [1.165, 1.54) is 18.3 Å². The lowest BCUT2D eigenvalue weighted by atomic mass is 9.97. The van der Waals surface area contributed by atoms with Gasteiger partial charge in [-0.2, -0.15) is 13.2 Å². The van der Waals surface area contributed by atoms with Gasteiger partial charge in [-0.25, -0.2) is 0 Å². The number of rotatable bonds is 2. The highest BCUT2D eigenvalue weighted by atomic mass is 19.4. The highest BCUT2D eigenvalue weighted by Gasteiger charge is 2.30. The van der Waals surface area contributed by atoms with Gasteiger partial charge < -0.3 is 0 Å². The van der Waals surface area contributed by atoms with Gasteiger partial charge in [-0.15, -0.1) is 0 Å². The third-order valence-electron chi connectivity index (χ3n) is 3.07. The summed E-state index contributed by atoms with van der Waals surface area (Å²) in [5, 5.41) is 0.